The molecule has 0 unspecified atom stereocenters. The van der Waals surface area contributed by atoms with Crippen LogP contribution in [0.4, 0.5) is 5.95 Å². The van der Waals surface area contributed by atoms with Crippen LogP contribution in [0.1, 0.15) is 30.5 Å². The molecule has 2 aliphatic heterocycles. The van der Waals surface area contributed by atoms with E-state index in [0.717, 1.165) is 23.7 Å². The molecule has 1 N–H and O–H groups in total. The van der Waals surface area contributed by atoms with Gasteiger partial charge in [0.25, 0.3) is 10.2 Å². The average Bonchev–Trinajstić information content (AvgIpc) is 3.32. The molecule has 1 saturated carbocycles. The Kier molecular flexibility index (Phi) is 4.22. The SMILES string of the molecule is CN(C)S(=O)(=O)N1CC[C@]2(COCc3cnc(NCC4CC4)nc32)C1. The first kappa shape index (κ1) is 17.1. The third-order valence-electron chi connectivity index (χ3n) is 5.36. The summed E-state index contributed by atoms with van der Waals surface area (Å²) in [6, 6.07) is 0. The molecular formula is C16H25N5O3S. The van der Waals surface area contributed by atoms with Crippen molar-refractivity contribution in [3.05, 3.63) is 17.5 Å². The molecule has 0 radical (unpaired) electrons. The Bertz CT molecular complexity index is 765. The summed E-state index contributed by atoms with van der Waals surface area (Å²) in [7, 11) is -0.299. The lowest BCUT2D eigenvalue weighted by Crippen LogP contribution is -2.44. The van der Waals surface area contributed by atoms with E-state index in [4.69, 9.17) is 9.72 Å². The van der Waals surface area contributed by atoms with Gasteiger partial charge in [0.05, 0.1) is 24.3 Å². The number of rotatable bonds is 5. The lowest BCUT2D eigenvalue weighted by molar-refractivity contribution is 0.0531. The van der Waals surface area contributed by atoms with Gasteiger partial charge in [-0.2, -0.15) is 17.0 Å². The van der Waals surface area contributed by atoms with Crippen molar-refractivity contribution in [3.8, 4) is 0 Å². The second-order valence-electron chi connectivity index (χ2n) is 7.54. The van der Waals surface area contributed by atoms with Gasteiger partial charge in [0.15, 0.2) is 0 Å². The minimum Gasteiger partial charge on any atom is -0.376 e. The maximum atomic E-state index is 12.5. The minimum atomic E-state index is -3.43. The third-order valence-corrected chi connectivity index (χ3v) is 7.24. The zero-order valence-corrected chi connectivity index (χ0v) is 15.5. The van der Waals surface area contributed by atoms with E-state index in [1.54, 1.807) is 14.1 Å². The zero-order chi connectivity index (χ0) is 17.7. The van der Waals surface area contributed by atoms with Crippen molar-refractivity contribution >= 4 is 16.2 Å². The fourth-order valence-electron chi connectivity index (χ4n) is 3.61. The van der Waals surface area contributed by atoms with Crippen molar-refractivity contribution in [3.63, 3.8) is 0 Å². The predicted octanol–water partition coefficient (Wildman–Crippen LogP) is 0.579. The summed E-state index contributed by atoms with van der Waals surface area (Å²) in [5.74, 6) is 1.38. The number of nitrogens with zero attached hydrogens (tertiary/aromatic N) is 4. The first-order valence-electron chi connectivity index (χ1n) is 8.76. The number of hydrogen-bond donors (Lipinski definition) is 1. The standard InChI is InChI=1S/C16H25N5O3S/c1-20(2)25(22,23)21-6-5-16(10-21)11-24-9-13-8-18-15(19-14(13)16)17-7-12-3-4-12/h8,12H,3-7,9-11H2,1-2H3,(H,17,18,19)/t16-/m1/s1. The highest BCUT2D eigenvalue weighted by Gasteiger charge is 2.48. The monoisotopic (exact) mass is 367 g/mol. The quantitative estimate of drug-likeness (QED) is 0.819. The Hall–Kier alpha value is -1.29. The largest absolute Gasteiger partial charge is 0.376 e. The van der Waals surface area contributed by atoms with Crippen molar-refractivity contribution in [2.75, 3.05) is 45.7 Å². The molecule has 3 heterocycles. The summed E-state index contributed by atoms with van der Waals surface area (Å²) in [5, 5.41) is 3.32. The summed E-state index contributed by atoms with van der Waals surface area (Å²) in [5.41, 5.74) is 1.53. The van der Waals surface area contributed by atoms with Gasteiger partial charge in [-0.3, -0.25) is 0 Å². The summed E-state index contributed by atoms with van der Waals surface area (Å²) >= 11 is 0. The Labute approximate surface area is 148 Å². The molecule has 0 aromatic carbocycles. The molecule has 4 rings (SSSR count). The summed E-state index contributed by atoms with van der Waals surface area (Å²) in [6.07, 6.45) is 5.08. The van der Waals surface area contributed by atoms with Gasteiger partial charge in [-0.05, 0) is 25.2 Å². The topological polar surface area (TPSA) is 87.7 Å². The number of hydrogen-bond acceptors (Lipinski definition) is 6. The molecule has 1 aromatic rings. The van der Waals surface area contributed by atoms with E-state index in [1.165, 1.54) is 21.5 Å². The Morgan fingerprint density at radius 2 is 2.24 bits per heavy atom. The highest BCUT2D eigenvalue weighted by molar-refractivity contribution is 7.86. The maximum Gasteiger partial charge on any atom is 0.281 e. The molecule has 138 valence electrons. The minimum absolute atomic E-state index is 0.379. The molecule has 1 saturated heterocycles. The van der Waals surface area contributed by atoms with Gasteiger partial charge < -0.3 is 10.1 Å². The molecule has 8 nitrogen and oxygen atoms in total. The first-order chi connectivity index (χ1) is 11.9. The van der Waals surface area contributed by atoms with E-state index < -0.39 is 10.2 Å². The van der Waals surface area contributed by atoms with Gasteiger partial charge in [-0.1, -0.05) is 0 Å². The van der Waals surface area contributed by atoms with Gasteiger partial charge in [-0.15, -0.1) is 0 Å². The van der Waals surface area contributed by atoms with Crippen molar-refractivity contribution < 1.29 is 13.2 Å². The number of nitrogens with one attached hydrogen (secondary N) is 1. The summed E-state index contributed by atoms with van der Waals surface area (Å²) in [4.78, 5) is 9.17. The lowest BCUT2D eigenvalue weighted by atomic mass is 9.81. The van der Waals surface area contributed by atoms with Gasteiger partial charge in [0.1, 0.15) is 0 Å². The number of anilines is 1. The van der Waals surface area contributed by atoms with Gasteiger partial charge >= 0.3 is 0 Å². The van der Waals surface area contributed by atoms with E-state index in [2.05, 4.69) is 10.3 Å². The maximum absolute atomic E-state index is 12.5. The molecule has 25 heavy (non-hydrogen) atoms. The van der Waals surface area contributed by atoms with E-state index in [0.29, 0.717) is 38.7 Å². The highest BCUT2D eigenvalue weighted by atomic mass is 32.2. The summed E-state index contributed by atoms with van der Waals surface area (Å²) < 4.78 is 33.5. The Morgan fingerprint density at radius 3 is 2.96 bits per heavy atom. The van der Waals surface area contributed by atoms with Crippen LogP contribution in [-0.4, -0.2) is 67.3 Å². The lowest BCUT2D eigenvalue weighted by Gasteiger charge is -2.34. The molecule has 1 spiro atoms. The van der Waals surface area contributed by atoms with Crippen molar-refractivity contribution in [1.82, 2.24) is 18.6 Å². The van der Waals surface area contributed by atoms with Crippen LogP contribution in [0.2, 0.25) is 0 Å². The van der Waals surface area contributed by atoms with E-state index in [9.17, 15) is 8.42 Å². The van der Waals surface area contributed by atoms with Gasteiger partial charge in [0, 0.05) is 45.5 Å². The predicted molar refractivity (Wildman–Crippen MR) is 93.4 cm³/mol. The molecule has 1 atom stereocenters. The van der Waals surface area contributed by atoms with Gasteiger partial charge in [-0.25, -0.2) is 9.97 Å². The van der Waals surface area contributed by atoms with Crippen molar-refractivity contribution in [2.24, 2.45) is 5.92 Å². The molecule has 3 aliphatic rings. The Balaban J connectivity index is 1.61. The molecule has 0 bridgehead atoms. The number of aromatic nitrogens is 2. The third kappa shape index (κ3) is 3.14. The van der Waals surface area contributed by atoms with Crippen molar-refractivity contribution in [1.29, 1.82) is 0 Å². The van der Waals surface area contributed by atoms with Crippen LogP contribution in [-0.2, 0) is 27.0 Å². The first-order valence-corrected chi connectivity index (χ1v) is 10.2. The van der Waals surface area contributed by atoms with Crippen LogP contribution in [0.15, 0.2) is 6.20 Å². The molecular weight excluding hydrogens is 342 g/mol. The van der Waals surface area contributed by atoms with Crippen molar-refractivity contribution in [2.45, 2.75) is 31.3 Å². The number of fused-ring (bicyclic) bond motifs is 2. The molecule has 2 fully saturated rings. The fraction of sp³-hybridized carbons (Fsp3) is 0.750. The average molecular weight is 367 g/mol. The smallest absolute Gasteiger partial charge is 0.281 e. The molecule has 1 aromatic heterocycles. The van der Waals surface area contributed by atoms with Crippen LogP contribution in [0.5, 0.6) is 0 Å². The van der Waals surface area contributed by atoms with Gasteiger partial charge in [0.2, 0.25) is 5.95 Å². The molecule has 0 amide bonds. The van der Waals surface area contributed by atoms with E-state index in [-0.39, 0.29) is 5.41 Å². The van der Waals surface area contributed by atoms with Crippen LogP contribution < -0.4 is 5.32 Å². The highest BCUT2D eigenvalue weighted by Crippen LogP contribution is 2.40. The normalized spacial score (nSPS) is 27.0. The Morgan fingerprint density at radius 1 is 1.44 bits per heavy atom. The molecule has 9 heteroatoms. The van der Waals surface area contributed by atoms with Crippen LogP contribution in [0, 0.1) is 5.92 Å². The molecule has 1 aliphatic carbocycles. The van der Waals surface area contributed by atoms with Crippen LogP contribution in [0.25, 0.3) is 0 Å². The van der Waals surface area contributed by atoms with Crippen LogP contribution >= 0.6 is 0 Å². The van der Waals surface area contributed by atoms with E-state index >= 15 is 0 Å². The second-order valence-corrected chi connectivity index (χ2v) is 9.68. The second kappa shape index (κ2) is 6.15. The van der Waals surface area contributed by atoms with Crippen LogP contribution in [0.3, 0.4) is 0 Å². The summed E-state index contributed by atoms with van der Waals surface area (Å²) in [6.45, 7) is 2.78. The van der Waals surface area contributed by atoms with E-state index in [1.807, 2.05) is 6.20 Å². The zero-order valence-electron chi connectivity index (χ0n) is 14.7. The fourth-order valence-corrected chi connectivity index (χ4v) is 4.81. The number of ether oxygens (including phenoxy) is 1.